The van der Waals surface area contributed by atoms with Crippen molar-refractivity contribution in [3.05, 3.63) is 65.9 Å². The first-order valence-electron chi connectivity index (χ1n) is 8.16. The number of hydrogen-bond donors (Lipinski definition) is 0. The van der Waals surface area contributed by atoms with E-state index in [-0.39, 0.29) is 18.1 Å². The van der Waals surface area contributed by atoms with Crippen LogP contribution in [0.2, 0.25) is 0 Å². The topological polar surface area (TPSA) is 74.7 Å². The molecule has 4 rings (SSSR count). The van der Waals surface area contributed by atoms with Gasteiger partial charge in [-0.25, -0.2) is 9.78 Å². The lowest BCUT2D eigenvalue weighted by molar-refractivity contribution is 0.0469. The Morgan fingerprint density at radius 3 is 2.65 bits per heavy atom. The van der Waals surface area contributed by atoms with E-state index in [1.54, 1.807) is 30.3 Å². The lowest BCUT2D eigenvalue weighted by Crippen LogP contribution is -2.17. The Kier molecular flexibility index (Phi) is 4.23. The highest BCUT2D eigenvalue weighted by Gasteiger charge is 2.17. The highest BCUT2D eigenvalue weighted by atomic mass is 16.6. The molecular formula is C20H15NO5. The van der Waals surface area contributed by atoms with Gasteiger partial charge in [0.05, 0.1) is 5.52 Å². The maximum absolute atomic E-state index is 12.3. The van der Waals surface area contributed by atoms with E-state index in [4.69, 9.17) is 14.2 Å². The van der Waals surface area contributed by atoms with Gasteiger partial charge in [-0.15, -0.1) is 0 Å². The van der Waals surface area contributed by atoms with Crippen molar-refractivity contribution in [1.82, 2.24) is 4.98 Å². The summed E-state index contributed by atoms with van der Waals surface area (Å²) < 4.78 is 16.0. The Hall–Kier alpha value is -3.41. The second-order valence-electron chi connectivity index (χ2n) is 5.75. The summed E-state index contributed by atoms with van der Waals surface area (Å²) in [5.41, 5.74) is 1.26. The summed E-state index contributed by atoms with van der Waals surface area (Å²) in [6.45, 7) is 0.552. The average Bonchev–Trinajstić information content (AvgIpc) is 2.71. The molecule has 0 saturated heterocycles. The van der Waals surface area contributed by atoms with E-state index in [0.29, 0.717) is 35.8 Å². The average molecular weight is 349 g/mol. The van der Waals surface area contributed by atoms with Crippen LogP contribution in [0.3, 0.4) is 0 Å². The van der Waals surface area contributed by atoms with Crippen LogP contribution in [0.1, 0.15) is 20.8 Å². The minimum Gasteiger partial charge on any atom is -0.486 e. The van der Waals surface area contributed by atoms with Crippen LogP contribution in [-0.2, 0) is 4.74 Å². The van der Waals surface area contributed by atoms with Crippen LogP contribution in [-0.4, -0.2) is 36.6 Å². The molecule has 0 unspecified atom stereocenters. The zero-order valence-electron chi connectivity index (χ0n) is 13.8. The SMILES string of the molecule is O=C(COC(=O)c1ccc2ccccc2n1)c1ccc2c(c1)OCCO2. The van der Waals surface area contributed by atoms with Gasteiger partial charge in [0, 0.05) is 10.9 Å². The monoisotopic (exact) mass is 349 g/mol. The summed E-state index contributed by atoms with van der Waals surface area (Å²) in [6.07, 6.45) is 0. The van der Waals surface area contributed by atoms with E-state index in [9.17, 15) is 9.59 Å². The number of benzene rings is 2. The van der Waals surface area contributed by atoms with Crippen LogP contribution in [0.5, 0.6) is 11.5 Å². The van der Waals surface area contributed by atoms with Gasteiger partial charge >= 0.3 is 5.97 Å². The largest absolute Gasteiger partial charge is 0.486 e. The molecule has 6 nitrogen and oxygen atoms in total. The molecule has 0 N–H and O–H groups in total. The highest BCUT2D eigenvalue weighted by Crippen LogP contribution is 2.30. The molecule has 1 aliphatic rings. The van der Waals surface area contributed by atoms with Crippen LogP contribution in [0.15, 0.2) is 54.6 Å². The van der Waals surface area contributed by atoms with Crippen LogP contribution >= 0.6 is 0 Å². The number of nitrogens with zero attached hydrogens (tertiary/aromatic N) is 1. The number of carbonyl (C=O) groups excluding carboxylic acids is 2. The fourth-order valence-electron chi connectivity index (χ4n) is 2.68. The second kappa shape index (κ2) is 6.84. The number of aromatic nitrogens is 1. The molecule has 0 fully saturated rings. The lowest BCUT2D eigenvalue weighted by Gasteiger charge is -2.18. The minimum absolute atomic E-state index is 0.165. The van der Waals surface area contributed by atoms with Crippen LogP contribution in [0, 0.1) is 0 Å². The van der Waals surface area contributed by atoms with Gasteiger partial charge in [0.2, 0.25) is 0 Å². The molecule has 1 aromatic heterocycles. The Balaban J connectivity index is 1.44. The Morgan fingerprint density at radius 1 is 0.962 bits per heavy atom. The van der Waals surface area contributed by atoms with Gasteiger partial charge in [0.15, 0.2) is 23.9 Å². The smallest absolute Gasteiger partial charge is 0.357 e. The zero-order chi connectivity index (χ0) is 17.9. The maximum Gasteiger partial charge on any atom is 0.357 e. The maximum atomic E-state index is 12.3. The second-order valence-corrected chi connectivity index (χ2v) is 5.75. The number of hydrogen-bond acceptors (Lipinski definition) is 6. The number of esters is 1. The Bertz CT molecular complexity index is 998. The molecular weight excluding hydrogens is 334 g/mol. The molecule has 130 valence electrons. The van der Waals surface area contributed by atoms with Crippen LogP contribution in [0.4, 0.5) is 0 Å². The first-order valence-corrected chi connectivity index (χ1v) is 8.16. The fraction of sp³-hybridized carbons (Fsp3) is 0.150. The van der Waals surface area contributed by atoms with Gasteiger partial charge < -0.3 is 14.2 Å². The molecule has 0 spiro atoms. The third kappa shape index (κ3) is 3.21. The molecule has 3 aromatic rings. The zero-order valence-corrected chi connectivity index (χ0v) is 13.8. The van der Waals surface area contributed by atoms with E-state index in [0.717, 1.165) is 5.39 Å². The number of ketones is 1. The highest BCUT2D eigenvalue weighted by molar-refractivity contribution is 5.99. The van der Waals surface area contributed by atoms with Crippen molar-refractivity contribution < 1.29 is 23.8 Å². The molecule has 2 heterocycles. The molecule has 0 atom stereocenters. The lowest BCUT2D eigenvalue weighted by atomic mass is 10.1. The van der Waals surface area contributed by atoms with E-state index < -0.39 is 5.97 Å². The molecule has 2 aromatic carbocycles. The summed E-state index contributed by atoms with van der Waals surface area (Å²) in [5, 5.41) is 0.927. The Morgan fingerprint density at radius 2 is 1.77 bits per heavy atom. The van der Waals surface area contributed by atoms with Crippen molar-refractivity contribution in [2.75, 3.05) is 19.8 Å². The van der Waals surface area contributed by atoms with Gasteiger partial charge in [0.25, 0.3) is 0 Å². The molecule has 0 amide bonds. The van der Waals surface area contributed by atoms with Crippen molar-refractivity contribution in [2.45, 2.75) is 0 Å². The van der Waals surface area contributed by atoms with E-state index in [2.05, 4.69) is 4.98 Å². The van der Waals surface area contributed by atoms with Gasteiger partial charge in [-0.05, 0) is 30.3 Å². The first kappa shape index (κ1) is 16.1. The van der Waals surface area contributed by atoms with Gasteiger partial charge in [0.1, 0.15) is 18.9 Å². The number of Topliss-reactive ketones (excluding diaryl/α,β-unsaturated/α-hetero) is 1. The number of carbonyl (C=O) groups is 2. The number of pyridine rings is 1. The normalized spacial score (nSPS) is 12.6. The van der Waals surface area contributed by atoms with Crippen LogP contribution in [0.25, 0.3) is 10.9 Å². The summed E-state index contributed by atoms with van der Waals surface area (Å²) in [5.74, 6) is 0.160. The number of fused-ring (bicyclic) bond motifs is 2. The van der Waals surface area contributed by atoms with Crippen molar-refractivity contribution in [2.24, 2.45) is 0 Å². The quantitative estimate of drug-likeness (QED) is 0.532. The van der Waals surface area contributed by atoms with Gasteiger partial charge in [-0.1, -0.05) is 24.3 Å². The predicted molar refractivity (Wildman–Crippen MR) is 93.8 cm³/mol. The van der Waals surface area contributed by atoms with Crippen molar-refractivity contribution in [3.63, 3.8) is 0 Å². The standard InChI is InChI=1S/C20H15NO5/c22-17(14-6-8-18-19(11-14)25-10-9-24-18)12-26-20(23)16-7-5-13-3-1-2-4-15(13)21-16/h1-8,11H,9-10,12H2. The minimum atomic E-state index is -0.637. The molecule has 26 heavy (non-hydrogen) atoms. The number of rotatable bonds is 4. The third-order valence-corrected chi connectivity index (χ3v) is 4.01. The molecule has 0 saturated carbocycles. The van der Waals surface area contributed by atoms with E-state index in [1.807, 2.05) is 24.3 Å². The van der Waals surface area contributed by atoms with Crippen molar-refractivity contribution >= 4 is 22.7 Å². The molecule has 0 bridgehead atoms. The summed E-state index contributed by atoms with van der Waals surface area (Å²) in [4.78, 5) is 28.7. The first-order chi connectivity index (χ1) is 12.7. The summed E-state index contributed by atoms with van der Waals surface area (Å²) in [7, 11) is 0. The summed E-state index contributed by atoms with van der Waals surface area (Å²) in [6, 6.07) is 15.7. The van der Waals surface area contributed by atoms with Crippen molar-refractivity contribution in [3.8, 4) is 11.5 Å². The van der Waals surface area contributed by atoms with Crippen molar-refractivity contribution in [1.29, 1.82) is 0 Å². The van der Waals surface area contributed by atoms with Gasteiger partial charge in [-0.3, -0.25) is 4.79 Å². The number of para-hydroxylation sites is 1. The van der Waals surface area contributed by atoms with Gasteiger partial charge in [-0.2, -0.15) is 0 Å². The molecule has 6 heteroatoms. The molecule has 0 aliphatic carbocycles. The van der Waals surface area contributed by atoms with E-state index in [1.165, 1.54) is 0 Å². The van der Waals surface area contributed by atoms with Crippen LogP contribution < -0.4 is 9.47 Å². The predicted octanol–water partition coefficient (Wildman–Crippen LogP) is 3.05. The van der Waals surface area contributed by atoms with E-state index >= 15 is 0 Å². The number of ether oxygens (including phenoxy) is 3. The summed E-state index contributed by atoms with van der Waals surface area (Å²) >= 11 is 0. The molecule has 0 radical (unpaired) electrons. The molecule has 1 aliphatic heterocycles. The third-order valence-electron chi connectivity index (χ3n) is 4.01. The Labute approximate surface area is 149 Å². The fourth-order valence-corrected chi connectivity index (χ4v) is 2.68.